The van der Waals surface area contributed by atoms with Crippen LogP contribution in [-0.2, 0) is 9.53 Å². The number of aryl methyl sites for hydroxylation is 2. The Bertz CT molecular complexity index is 1710. The first-order chi connectivity index (χ1) is 21.0. The van der Waals surface area contributed by atoms with Gasteiger partial charge in [-0.1, -0.05) is 13.8 Å². The highest BCUT2D eigenvalue weighted by Crippen LogP contribution is 2.48. The Hall–Kier alpha value is -2.82. The fraction of sp³-hybridized carbons (Fsp3) is 0.618. The summed E-state index contributed by atoms with van der Waals surface area (Å²) >= 11 is 1.90. The Morgan fingerprint density at radius 3 is 2.59 bits per heavy atom. The monoisotopic (exact) mass is 620 g/mol. The minimum atomic E-state index is -0.841. The molecule has 1 amide bonds. The van der Waals surface area contributed by atoms with Crippen LogP contribution in [0.4, 0.5) is 4.39 Å². The maximum atomic E-state index is 13.6. The van der Waals surface area contributed by atoms with E-state index in [4.69, 9.17) is 4.74 Å². The first-order valence-corrected chi connectivity index (χ1v) is 17.1. The van der Waals surface area contributed by atoms with E-state index in [0.29, 0.717) is 25.0 Å². The Morgan fingerprint density at radius 2 is 1.89 bits per heavy atom. The molecule has 1 unspecified atom stereocenters. The van der Waals surface area contributed by atoms with Crippen molar-refractivity contribution in [2.24, 2.45) is 5.92 Å². The molecule has 3 fully saturated rings. The lowest BCUT2D eigenvalue weighted by molar-refractivity contribution is -0.186. The Balaban J connectivity index is 1.06. The summed E-state index contributed by atoms with van der Waals surface area (Å²) in [5.41, 5.74) is 8.17. The number of piperidine rings is 1. The summed E-state index contributed by atoms with van der Waals surface area (Å²) in [5.74, 6) is 1.14. The number of pyridine rings is 1. The number of nitrogens with zero attached hydrogens (tertiary/aromatic N) is 5. The van der Waals surface area contributed by atoms with Crippen molar-refractivity contribution in [1.29, 1.82) is 0 Å². The van der Waals surface area contributed by atoms with Gasteiger partial charge in [-0.25, -0.2) is 13.9 Å². The van der Waals surface area contributed by atoms with E-state index in [9.17, 15) is 9.18 Å². The molecule has 0 bridgehead atoms. The number of ether oxygens (including phenoxy) is 1. The molecular formula is C34H45FN6O2S. The molecule has 0 aromatic carbocycles. The van der Waals surface area contributed by atoms with Crippen LogP contribution in [0, 0.1) is 26.7 Å². The number of aromatic amines is 1. The van der Waals surface area contributed by atoms with Crippen LogP contribution in [0.3, 0.4) is 0 Å². The van der Waals surface area contributed by atoms with Crippen LogP contribution in [0.25, 0.3) is 27.1 Å². The average molecular weight is 621 g/mol. The summed E-state index contributed by atoms with van der Waals surface area (Å²) in [5, 5.41) is 5.80. The summed E-state index contributed by atoms with van der Waals surface area (Å²) in [6.07, 6.45) is 6.41. The van der Waals surface area contributed by atoms with Crippen LogP contribution in [0.2, 0.25) is 0 Å². The topological polar surface area (TPSA) is 78.8 Å². The number of carbonyl (C=O) groups is 1. The Kier molecular flexibility index (Phi) is 7.61. The molecule has 236 valence electrons. The number of thiophene rings is 1. The van der Waals surface area contributed by atoms with Crippen molar-refractivity contribution >= 4 is 33.1 Å². The number of halogens is 1. The van der Waals surface area contributed by atoms with Crippen molar-refractivity contribution in [3.63, 3.8) is 0 Å². The largest absolute Gasteiger partial charge is 0.372 e. The lowest BCUT2D eigenvalue weighted by Gasteiger charge is -2.52. The molecule has 10 heteroatoms. The number of carbonyl (C=O) groups excluding carboxylic acids is 1. The lowest BCUT2D eigenvalue weighted by atomic mass is 9.69. The minimum Gasteiger partial charge on any atom is -0.372 e. The molecule has 7 rings (SSSR count). The van der Waals surface area contributed by atoms with Crippen LogP contribution < -0.4 is 0 Å². The van der Waals surface area contributed by atoms with E-state index >= 15 is 0 Å². The predicted octanol–water partition coefficient (Wildman–Crippen LogP) is 6.53. The van der Waals surface area contributed by atoms with E-state index in [1.807, 2.05) is 15.9 Å². The zero-order chi connectivity index (χ0) is 30.9. The van der Waals surface area contributed by atoms with Gasteiger partial charge in [0, 0.05) is 60.7 Å². The molecule has 2 saturated heterocycles. The molecule has 4 aromatic rings. The van der Waals surface area contributed by atoms with Gasteiger partial charge in [-0.3, -0.25) is 9.69 Å². The van der Waals surface area contributed by atoms with E-state index < -0.39 is 6.17 Å². The summed E-state index contributed by atoms with van der Waals surface area (Å²) in [6.45, 7) is 17.0. The van der Waals surface area contributed by atoms with Crippen molar-refractivity contribution < 1.29 is 13.9 Å². The zero-order valence-corrected chi connectivity index (χ0v) is 27.7. The maximum absolute atomic E-state index is 13.6. The molecule has 1 saturated carbocycles. The first-order valence-electron chi connectivity index (χ1n) is 16.3. The van der Waals surface area contributed by atoms with Crippen LogP contribution in [0.5, 0.6) is 0 Å². The number of alkyl halides is 1. The fourth-order valence-electron chi connectivity index (χ4n) is 8.20. The molecular weight excluding hydrogens is 575 g/mol. The molecule has 4 aromatic heterocycles. The van der Waals surface area contributed by atoms with Crippen LogP contribution in [-0.4, -0.2) is 86.4 Å². The number of aromatic nitrogens is 4. The molecule has 1 atom stereocenters. The molecule has 8 nitrogen and oxygen atoms in total. The van der Waals surface area contributed by atoms with Gasteiger partial charge in [-0.05, 0) is 87.5 Å². The normalized spacial score (nSPS) is 24.2. The summed E-state index contributed by atoms with van der Waals surface area (Å²) in [4.78, 5) is 28.7. The molecule has 1 spiro atoms. The van der Waals surface area contributed by atoms with Crippen molar-refractivity contribution in [2.75, 3.05) is 39.3 Å². The van der Waals surface area contributed by atoms with Gasteiger partial charge >= 0.3 is 0 Å². The summed E-state index contributed by atoms with van der Waals surface area (Å²) < 4.78 is 21.6. The quantitative estimate of drug-likeness (QED) is 0.265. The van der Waals surface area contributed by atoms with E-state index in [-0.39, 0.29) is 17.4 Å². The number of morpholine rings is 1. The number of H-pyrrole nitrogens is 1. The number of nitrogens with one attached hydrogen (secondary N) is 1. The Labute approximate surface area is 263 Å². The lowest BCUT2D eigenvalue weighted by Crippen LogP contribution is -2.62. The van der Waals surface area contributed by atoms with E-state index in [1.165, 1.54) is 43.0 Å². The number of rotatable bonds is 6. The smallest absolute Gasteiger partial charge is 0.225 e. The third kappa shape index (κ3) is 4.97. The fourth-order valence-corrected chi connectivity index (χ4v) is 9.59. The molecule has 1 N–H and O–H groups in total. The molecule has 3 aliphatic rings. The SMILES string of the molecule is Cc1c(-c2[nH]c3sc(C4CCN(C(=O)[C@H]5C[C@@]6(CN(CC(C)F)CCO6)C5)CC4)c(C)c3c2C(C)C)cn2ncnc2c1C. The second-order valence-corrected chi connectivity index (χ2v) is 15.0. The van der Waals surface area contributed by atoms with Crippen LogP contribution in [0.1, 0.15) is 85.4 Å². The van der Waals surface area contributed by atoms with Crippen LogP contribution >= 0.6 is 11.3 Å². The molecule has 44 heavy (non-hydrogen) atoms. The van der Waals surface area contributed by atoms with Crippen molar-refractivity contribution in [3.05, 3.63) is 39.7 Å². The van der Waals surface area contributed by atoms with Gasteiger partial charge in [0.15, 0.2) is 5.65 Å². The van der Waals surface area contributed by atoms with Gasteiger partial charge in [0.25, 0.3) is 0 Å². The highest BCUT2D eigenvalue weighted by Gasteiger charge is 2.51. The van der Waals surface area contributed by atoms with E-state index in [2.05, 4.69) is 65.7 Å². The summed E-state index contributed by atoms with van der Waals surface area (Å²) in [6, 6.07) is 0. The second kappa shape index (κ2) is 11.2. The van der Waals surface area contributed by atoms with Gasteiger partial charge in [-0.2, -0.15) is 5.10 Å². The van der Waals surface area contributed by atoms with E-state index in [0.717, 1.165) is 63.1 Å². The third-order valence-electron chi connectivity index (χ3n) is 10.5. The molecule has 0 radical (unpaired) electrons. The zero-order valence-electron chi connectivity index (χ0n) is 26.9. The number of fused-ring (bicyclic) bond motifs is 2. The molecule has 2 aliphatic heterocycles. The van der Waals surface area contributed by atoms with Crippen molar-refractivity contribution in [1.82, 2.24) is 29.4 Å². The average Bonchev–Trinajstić information content (AvgIpc) is 3.68. The highest BCUT2D eigenvalue weighted by molar-refractivity contribution is 7.19. The summed E-state index contributed by atoms with van der Waals surface area (Å²) in [7, 11) is 0. The molecule has 1 aliphatic carbocycles. The van der Waals surface area contributed by atoms with E-state index in [1.54, 1.807) is 13.3 Å². The van der Waals surface area contributed by atoms with Gasteiger partial charge in [0.05, 0.1) is 17.9 Å². The van der Waals surface area contributed by atoms with Gasteiger partial charge in [0.1, 0.15) is 17.3 Å². The highest BCUT2D eigenvalue weighted by atomic mass is 32.1. The second-order valence-electron chi connectivity index (χ2n) is 13.9. The van der Waals surface area contributed by atoms with Crippen molar-refractivity contribution in [2.45, 2.75) is 90.8 Å². The third-order valence-corrected chi connectivity index (χ3v) is 11.9. The number of likely N-dealkylation sites (tertiary alicyclic amines) is 1. The van der Waals surface area contributed by atoms with Gasteiger partial charge < -0.3 is 14.6 Å². The van der Waals surface area contributed by atoms with Gasteiger partial charge in [-0.15, -0.1) is 11.3 Å². The Morgan fingerprint density at radius 1 is 1.14 bits per heavy atom. The number of hydrogen-bond acceptors (Lipinski definition) is 6. The predicted molar refractivity (Wildman–Crippen MR) is 173 cm³/mol. The molecule has 6 heterocycles. The van der Waals surface area contributed by atoms with Crippen LogP contribution in [0.15, 0.2) is 12.5 Å². The number of hydrogen-bond donors (Lipinski definition) is 1. The minimum absolute atomic E-state index is 0.0340. The van der Waals surface area contributed by atoms with Crippen molar-refractivity contribution in [3.8, 4) is 11.3 Å². The first kappa shape index (κ1) is 29.9. The van der Waals surface area contributed by atoms with Gasteiger partial charge in [0.2, 0.25) is 5.91 Å². The number of amides is 1. The maximum Gasteiger partial charge on any atom is 0.225 e. The standard InChI is InChI=1S/C34H45FN6O2S/c1-19(2)27-28-23(6)30(44-32(28)38-29(27)26-16-41-31(36-18-37-41)22(5)21(26)4)24-7-9-40(10-8-24)33(42)25-13-34(14-25)17-39(11-12-43-34)15-20(3)35/h16,18-20,24-25,38H,7-15,17H2,1-6H3/t20?,25-,34-.